The van der Waals surface area contributed by atoms with Gasteiger partial charge < -0.3 is 14.8 Å². The predicted molar refractivity (Wildman–Crippen MR) is 75.9 cm³/mol. The number of likely N-dealkylation sites (N-methyl/N-ethyl adjacent to an activating group) is 1. The van der Waals surface area contributed by atoms with Crippen molar-refractivity contribution in [2.75, 3.05) is 27.3 Å². The lowest BCUT2D eigenvalue weighted by Gasteiger charge is -2.40. The van der Waals surface area contributed by atoms with E-state index in [-0.39, 0.29) is 11.2 Å². The summed E-state index contributed by atoms with van der Waals surface area (Å²) in [4.78, 5) is 0. The number of ether oxygens (including phenoxy) is 2. The molecule has 0 aromatic carbocycles. The molecule has 0 spiro atoms. The second-order valence-electron chi connectivity index (χ2n) is 6.46. The smallest absolute Gasteiger partial charge is 0.0806 e. The molecule has 0 aromatic heterocycles. The summed E-state index contributed by atoms with van der Waals surface area (Å²) >= 11 is 0. The number of hydrogen-bond acceptors (Lipinski definition) is 3. The van der Waals surface area contributed by atoms with Crippen LogP contribution in [0, 0.1) is 5.92 Å². The van der Waals surface area contributed by atoms with Gasteiger partial charge in [-0.1, -0.05) is 6.92 Å². The standard InChI is InChI=1S/C15H31NO2/c1-13-6-8-15(9-7-13,12-16-4)18-11-10-14(2,3)17-5/h13,16H,6-12H2,1-5H3. The quantitative estimate of drug-likeness (QED) is 0.760. The van der Waals surface area contributed by atoms with Gasteiger partial charge in [0.05, 0.1) is 17.8 Å². The predicted octanol–water partition coefficient (Wildman–Crippen LogP) is 2.99. The van der Waals surface area contributed by atoms with Gasteiger partial charge in [0.1, 0.15) is 0 Å². The Kier molecular flexibility index (Phi) is 6.09. The third-order valence-corrected chi connectivity index (χ3v) is 4.35. The second kappa shape index (κ2) is 6.88. The van der Waals surface area contributed by atoms with Crippen molar-refractivity contribution in [3.05, 3.63) is 0 Å². The molecule has 0 atom stereocenters. The van der Waals surface area contributed by atoms with Crippen LogP contribution in [0.1, 0.15) is 52.9 Å². The van der Waals surface area contributed by atoms with Crippen LogP contribution in [0.3, 0.4) is 0 Å². The Bertz CT molecular complexity index is 233. The van der Waals surface area contributed by atoms with Gasteiger partial charge >= 0.3 is 0 Å². The van der Waals surface area contributed by atoms with Crippen LogP contribution in [-0.2, 0) is 9.47 Å². The summed E-state index contributed by atoms with van der Waals surface area (Å²) in [6.07, 6.45) is 5.89. The summed E-state index contributed by atoms with van der Waals surface area (Å²) in [6, 6.07) is 0. The van der Waals surface area contributed by atoms with E-state index in [1.54, 1.807) is 7.11 Å². The molecule has 108 valence electrons. The maximum absolute atomic E-state index is 6.25. The number of rotatable bonds is 7. The van der Waals surface area contributed by atoms with Crippen molar-refractivity contribution in [2.24, 2.45) is 5.92 Å². The molecule has 18 heavy (non-hydrogen) atoms. The van der Waals surface area contributed by atoms with Crippen LogP contribution in [0.5, 0.6) is 0 Å². The fourth-order valence-corrected chi connectivity index (χ4v) is 2.60. The van der Waals surface area contributed by atoms with E-state index in [2.05, 4.69) is 26.1 Å². The molecule has 0 unspecified atom stereocenters. The van der Waals surface area contributed by atoms with Crippen molar-refractivity contribution in [2.45, 2.75) is 64.1 Å². The van der Waals surface area contributed by atoms with Gasteiger partial charge in [0.2, 0.25) is 0 Å². The molecule has 0 heterocycles. The zero-order valence-corrected chi connectivity index (χ0v) is 12.8. The Morgan fingerprint density at radius 1 is 1.28 bits per heavy atom. The topological polar surface area (TPSA) is 30.5 Å². The summed E-state index contributed by atoms with van der Waals surface area (Å²) in [5, 5.41) is 3.30. The Balaban J connectivity index is 2.43. The minimum atomic E-state index is -0.0806. The van der Waals surface area contributed by atoms with E-state index >= 15 is 0 Å². The maximum atomic E-state index is 6.25. The Morgan fingerprint density at radius 3 is 2.39 bits per heavy atom. The van der Waals surface area contributed by atoms with E-state index < -0.39 is 0 Å². The van der Waals surface area contributed by atoms with Crippen LogP contribution in [-0.4, -0.2) is 38.5 Å². The minimum absolute atomic E-state index is 0.0606. The number of methoxy groups -OCH3 is 1. The molecule has 1 aliphatic rings. The van der Waals surface area contributed by atoms with E-state index in [9.17, 15) is 0 Å². The molecule has 0 amide bonds. The fourth-order valence-electron chi connectivity index (χ4n) is 2.60. The summed E-state index contributed by atoms with van der Waals surface area (Å²) in [7, 11) is 3.79. The van der Waals surface area contributed by atoms with Gasteiger partial charge in [-0.25, -0.2) is 0 Å². The highest BCUT2D eigenvalue weighted by atomic mass is 16.5. The third-order valence-electron chi connectivity index (χ3n) is 4.35. The van der Waals surface area contributed by atoms with Crippen LogP contribution in [0.15, 0.2) is 0 Å². The summed E-state index contributed by atoms with van der Waals surface area (Å²) in [5.41, 5.74) is -0.0200. The zero-order valence-electron chi connectivity index (χ0n) is 12.8. The van der Waals surface area contributed by atoms with Crippen LogP contribution < -0.4 is 5.32 Å². The summed E-state index contributed by atoms with van der Waals surface area (Å²) < 4.78 is 11.7. The van der Waals surface area contributed by atoms with E-state index in [1.807, 2.05) is 7.05 Å². The molecule has 0 radical (unpaired) electrons. The maximum Gasteiger partial charge on any atom is 0.0806 e. The van der Waals surface area contributed by atoms with Crippen molar-refractivity contribution in [3.8, 4) is 0 Å². The number of hydrogen-bond donors (Lipinski definition) is 1. The molecule has 0 aliphatic heterocycles. The van der Waals surface area contributed by atoms with Crippen molar-refractivity contribution < 1.29 is 9.47 Å². The van der Waals surface area contributed by atoms with Crippen molar-refractivity contribution >= 4 is 0 Å². The van der Waals surface area contributed by atoms with Crippen LogP contribution in [0.25, 0.3) is 0 Å². The first-order valence-electron chi connectivity index (χ1n) is 7.27. The molecule has 0 aromatic rings. The molecular formula is C15H31NO2. The Hall–Kier alpha value is -0.120. The van der Waals surface area contributed by atoms with Gasteiger partial charge in [-0.3, -0.25) is 0 Å². The highest BCUT2D eigenvalue weighted by Crippen LogP contribution is 2.34. The third kappa shape index (κ3) is 4.87. The minimum Gasteiger partial charge on any atom is -0.379 e. The lowest BCUT2D eigenvalue weighted by atomic mass is 9.79. The van der Waals surface area contributed by atoms with Gasteiger partial charge in [0.25, 0.3) is 0 Å². The van der Waals surface area contributed by atoms with Crippen LogP contribution >= 0.6 is 0 Å². The van der Waals surface area contributed by atoms with Gasteiger partial charge in [-0.05, 0) is 58.9 Å². The van der Waals surface area contributed by atoms with Gasteiger partial charge in [0, 0.05) is 13.7 Å². The first kappa shape index (κ1) is 15.9. The lowest BCUT2D eigenvalue weighted by molar-refractivity contribution is -0.0948. The first-order valence-corrected chi connectivity index (χ1v) is 7.27. The molecule has 1 N–H and O–H groups in total. The Morgan fingerprint density at radius 2 is 1.89 bits per heavy atom. The molecule has 0 bridgehead atoms. The van der Waals surface area contributed by atoms with Gasteiger partial charge in [-0.15, -0.1) is 0 Å². The van der Waals surface area contributed by atoms with Crippen molar-refractivity contribution in [1.82, 2.24) is 5.32 Å². The van der Waals surface area contributed by atoms with Crippen LogP contribution in [0.4, 0.5) is 0 Å². The van der Waals surface area contributed by atoms with Crippen molar-refractivity contribution in [1.29, 1.82) is 0 Å². The van der Waals surface area contributed by atoms with E-state index in [1.165, 1.54) is 25.7 Å². The average Bonchev–Trinajstić information content (AvgIpc) is 2.33. The SMILES string of the molecule is CNCC1(OCCC(C)(C)OC)CCC(C)CC1. The summed E-state index contributed by atoms with van der Waals surface area (Å²) in [6.45, 7) is 8.33. The van der Waals surface area contributed by atoms with E-state index in [4.69, 9.17) is 9.47 Å². The molecule has 0 saturated heterocycles. The van der Waals surface area contributed by atoms with Crippen LogP contribution in [0.2, 0.25) is 0 Å². The lowest BCUT2D eigenvalue weighted by Crippen LogP contribution is -2.45. The summed E-state index contributed by atoms with van der Waals surface area (Å²) in [5.74, 6) is 0.856. The molecule has 1 rings (SSSR count). The molecule has 1 fully saturated rings. The molecular weight excluding hydrogens is 226 g/mol. The molecule has 1 saturated carbocycles. The van der Waals surface area contributed by atoms with Gasteiger partial charge in [-0.2, -0.15) is 0 Å². The normalized spacial score (nSPS) is 29.5. The molecule has 3 heteroatoms. The largest absolute Gasteiger partial charge is 0.379 e. The Labute approximate surface area is 113 Å². The van der Waals surface area contributed by atoms with E-state index in [0.717, 1.165) is 25.5 Å². The zero-order chi connectivity index (χ0) is 13.6. The molecule has 1 aliphatic carbocycles. The highest BCUT2D eigenvalue weighted by Gasteiger charge is 2.34. The van der Waals surface area contributed by atoms with Crippen molar-refractivity contribution in [3.63, 3.8) is 0 Å². The average molecular weight is 257 g/mol. The molecule has 3 nitrogen and oxygen atoms in total. The van der Waals surface area contributed by atoms with E-state index in [0.29, 0.717) is 0 Å². The fraction of sp³-hybridized carbons (Fsp3) is 1.00. The van der Waals surface area contributed by atoms with Gasteiger partial charge in [0.15, 0.2) is 0 Å². The monoisotopic (exact) mass is 257 g/mol. The first-order chi connectivity index (χ1) is 8.43. The second-order valence-corrected chi connectivity index (χ2v) is 6.46. The highest BCUT2D eigenvalue weighted by molar-refractivity contribution is 4.88. The number of nitrogens with one attached hydrogen (secondary N) is 1.